The van der Waals surface area contributed by atoms with Crippen molar-refractivity contribution in [2.75, 3.05) is 19.7 Å². The zero-order valence-electron chi connectivity index (χ0n) is 20.4. The van der Waals surface area contributed by atoms with Gasteiger partial charge >= 0.3 is 5.97 Å². The van der Waals surface area contributed by atoms with Gasteiger partial charge in [-0.15, -0.1) is 0 Å². The molecule has 1 atom stereocenters. The average molecular weight is 491 g/mol. The number of hydrogen-bond donors (Lipinski definition) is 1. The van der Waals surface area contributed by atoms with Crippen molar-refractivity contribution in [3.63, 3.8) is 0 Å². The van der Waals surface area contributed by atoms with E-state index >= 15 is 0 Å². The predicted molar refractivity (Wildman–Crippen MR) is 136 cm³/mol. The molecule has 0 aromatic heterocycles. The summed E-state index contributed by atoms with van der Waals surface area (Å²) in [5, 5.41) is 3.27. The summed E-state index contributed by atoms with van der Waals surface area (Å²) in [5.74, 6) is -1.12. The molecular weight excluding hydrogens is 452 g/mol. The van der Waals surface area contributed by atoms with Crippen LogP contribution in [0.5, 0.6) is 0 Å². The standard InChI is InChI=1S/C27H39ClN2O4/c1-2-3-4-5-6-7-8-9-10-13-20-34-26(32)21-24-27(33)29-18-19-30(24)25(31)17-16-22-14-11-12-15-23(22)28/h11-12,14-17,24H,2-10,13,18-21H2,1H3,(H,29,33)/b17-16+. The van der Waals surface area contributed by atoms with Gasteiger partial charge in [0, 0.05) is 24.2 Å². The zero-order valence-corrected chi connectivity index (χ0v) is 21.2. The van der Waals surface area contributed by atoms with Gasteiger partial charge in [0.15, 0.2) is 0 Å². The molecule has 1 saturated heterocycles. The lowest BCUT2D eigenvalue weighted by molar-refractivity contribution is -0.150. The highest BCUT2D eigenvalue weighted by Gasteiger charge is 2.34. The van der Waals surface area contributed by atoms with E-state index in [0.717, 1.165) is 19.3 Å². The van der Waals surface area contributed by atoms with Crippen molar-refractivity contribution in [1.29, 1.82) is 0 Å². The topological polar surface area (TPSA) is 75.7 Å². The number of piperazine rings is 1. The third kappa shape index (κ3) is 10.3. The number of nitrogens with zero attached hydrogens (tertiary/aromatic N) is 1. The Balaban J connectivity index is 1.70. The minimum atomic E-state index is -0.864. The minimum absolute atomic E-state index is 0.144. The second-order valence-corrected chi connectivity index (χ2v) is 9.21. The van der Waals surface area contributed by atoms with Crippen LogP contribution in [0.4, 0.5) is 0 Å². The largest absolute Gasteiger partial charge is 0.466 e. The van der Waals surface area contributed by atoms with Gasteiger partial charge in [-0.1, -0.05) is 94.5 Å². The van der Waals surface area contributed by atoms with E-state index in [2.05, 4.69) is 12.2 Å². The van der Waals surface area contributed by atoms with Crippen LogP contribution in [0.2, 0.25) is 5.02 Å². The molecule has 1 aromatic rings. The number of amides is 2. The molecule has 0 spiro atoms. The van der Waals surface area contributed by atoms with Crippen molar-refractivity contribution in [2.24, 2.45) is 0 Å². The van der Waals surface area contributed by atoms with Gasteiger partial charge < -0.3 is 15.0 Å². The first-order valence-electron chi connectivity index (χ1n) is 12.7. The van der Waals surface area contributed by atoms with Gasteiger partial charge in [0.05, 0.1) is 13.0 Å². The maximum atomic E-state index is 12.7. The number of nitrogens with one attached hydrogen (secondary N) is 1. The number of carbonyl (C=O) groups is 3. The molecule has 0 radical (unpaired) electrons. The molecule has 34 heavy (non-hydrogen) atoms. The Kier molecular flexibility index (Phi) is 13.4. The highest BCUT2D eigenvalue weighted by molar-refractivity contribution is 6.32. The molecule has 1 fully saturated rings. The molecule has 0 aliphatic carbocycles. The Hall–Kier alpha value is -2.34. The molecule has 2 rings (SSSR count). The first-order valence-corrected chi connectivity index (χ1v) is 13.1. The van der Waals surface area contributed by atoms with Crippen LogP contribution in [0.25, 0.3) is 6.08 Å². The van der Waals surface area contributed by atoms with E-state index in [4.69, 9.17) is 16.3 Å². The van der Waals surface area contributed by atoms with E-state index in [1.165, 1.54) is 55.9 Å². The van der Waals surface area contributed by atoms with Crippen LogP contribution < -0.4 is 5.32 Å². The number of esters is 1. The highest BCUT2D eigenvalue weighted by atomic mass is 35.5. The maximum Gasteiger partial charge on any atom is 0.308 e. The Morgan fingerprint density at radius 1 is 1.06 bits per heavy atom. The smallest absolute Gasteiger partial charge is 0.308 e. The van der Waals surface area contributed by atoms with Crippen LogP contribution in [0.1, 0.15) is 83.1 Å². The quantitative estimate of drug-likeness (QED) is 0.199. The number of benzene rings is 1. The Bertz CT molecular complexity index is 812. The van der Waals surface area contributed by atoms with Gasteiger partial charge in [0.1, 0.15) is 6.04 Å². The van der Waals surface area contributed by atoms with E-state index in [-0.39, 0.29) is 18.2 Å². The summed E-state index contributed by atoms with van der Waals surface area (Å²) < 4.78 is 5.35. The van der Waals surface area contributed by atoms with Crippen LogP contribution in [0, 0.1) is 0 Å². The summed E-state index contributed by atoms with van der Waals surface area (Å²) in [6.07, 6.45) is 15.0. The second kappa shape index (κ2) is 16.3. The fraction of sp³-hybridized carbons (Fsp3) is 0.593. The molecule has 1 N–H and O–H groups in total. The fourth-order valence-corrected chi connectivity index (χ4v) is 4.24. The van der Waals surface area contributed by atoms with Crippen molar-refractivity contribution in [3.8, 4) is 0 Å². The molecule has 1 aromatic carbocycles. The Labute approximate surface area is 209 Å². The minimum Gasteiger partial charge on any atom is -0.466 e. The number of halogens is 1. The number of unbranched alkanes of at least 4 members (excludes halogenated alkanes) is 9. The van der Waals surface area contributed by atoms with Crippen LogP contribution in [0.15, 0.2) is 30.3 Å². The summed E-state index contributed by atoms with van der Waals surface area (Å²) in [6, 6.07) is 6.33. The van der Waals surface area contributed by atoms with Crippen LogP contribution in [0.3, 0.4) is 0 Å². The van der Waals surface area contributed by atoms with E-state index in [1.807, 2.05) is 12.1 Å². The summed E-state index contributed by atoms with van der Waals surface area (Å²) in [4.78, 5) is 38.9. The third-order valence-corrected chi connectivity index (χ3v) is 6.39. The van der Waals surface area contributed by atoms with E-state index in [9.17, 15) is 14.4 Å². The van der Waals surface area contributed by atoms with Crippen LogP contribution >= 0.6 is 11.6 Å². The van der Waals surface area contributed by atoms with Gasteiger partial charge in [-0.25, -0.2) is 0 Å². The van der Waals surface area contributed by atoms with E-state index < -0.39 is 12.0 Å². The third-order valence-electron chi connectivity index (χ3n) is 6.05. The molecule has 1 unspecified atom stereocenters. The van der Waals surface area contributed by atoms with Crippen molar-refractivity contribution in [2.45, 2.75) is 83.6 Å². The van der Waals surface area contributed by atoms with Gasteiger partial charge in [-0.3, -0.25) is 14.4 Å². The molecule has 6 nitrogen and oxygen atoms in total. The molecular formula is C27H39ClN2O4. The van der Waals surface area contributed by atoms with Crippen molar-refractivity contribution in [1.82, 2.24) is 10.2 Å². The molecule has 0 saturated carbocycles. The summed E-state index contributed by atoms with van der Waals surface area (Å²) in [7, 11) is 0. The molecule has 1 aliphatic rings. The normalized spacial score (nSPS) is 16.0. The number of hydrogen-bond acceptors (Lipinski definition) is 4. The molecule has 1 heterocycles. The Morgan fingerprint density at radius 2 is 1.71 bits per heavy atom. The average Bonchev–Trinajstić information content (AvgIpc) is 2.83. The predicted octanol–water partition coefficient (Wildman–Crippen LogP) is 5.53. The Morgan fingerprint density at radius 3 is 2.38 bits per heavy atom. The number of carbonyl (C=O) groups excluding carboxylic acids is 3. The molecule has 0 bridgehead atoms. The van der Waals surface area contributed by atoms with E-state index in [1.54, 1.807) is 18.2 Å². The summed E-state index contributed by atoms with van der Waals surface area (Å²) in [5.41, 5.74) is 0.714. The maximum absolute atomic E-state index is 12.7. The molecule has 188 valence electrons. The van der Waals surface area contributed by atoms with Gasteiger partial charge in [-0.2, -0.15) is 0 Å². The first-order chi connectivity index (χ1) is 16.5. The second-order valence-electron chi connectivity index (χ2n) is 8.80. The SMILES string of the molecule is CCCCCCCCCCCCOC(=O)CC1C(=O)NCCN1C(=O)/C=C/c1ccccc1Cl. The lowest BCUT2D eigenvalue weighted by Gasteiger charge is -2.33. The highest BCUT2D eigenvalue weighted by Crippen LogP contribution is 2.17. The van der Waals surface area contributed by atoms with Crippen LogP contribution in [-0.4, -0.2) is 48.4 Å². The summed E-state index contributed by atoms with van der Waals surface area (Å²) >= 11 is 6.13. The first kappa shape index (κ1) is 27.9. The number of ether oxygens (including phenoxy) is 1. The van der Waals surface area contributed by atoms with Gasteiger partial charge in [0.2, 0.25) is 11.8 Å². The molecule has 1 aliphatic heterocycles. The monoisotopic (exact) mass is 490 g/mol. The van der Waals surface area contributed by atoms with Crippen LogP contribution in [-0.2, 0) is 19.1 Å². The summed E-state index contributed by atoms with van der Waals surface area (Å²) in [6.45, 7) is 3.28. The molecule has 7 heteroatoms. The number of rotatable bonds is 15. The molecule has 2 amide bonds. The van der Waals surface area contributed by atoms with E-state index in [0.29, 0.717) is 30.3 Å². The van der Waals surface area contributed by atoms with Gasteiger partial charge in [0.25, 0.3) is 0 Å². The van der Waals surface area contributed by atoms with Gasteiger partial charge in [-0.05, 0) is 24.1 Å². The van der Waals surface area contributed by atoms with Crippen molar-refractivity contribution >= 4 is 35.5 Å². The van der Waals surface area contributed by atoms with Crippen molar-refractivity contribution in [3.05, 3.63) is 40.9 Å². The van der Waals surface area contributed by atoms with Crippen molar-refractivity contribution < 1.29 is 19.1 Å². The fourth-order valence-electron chi connectivity index (χ4n) is 4.04. The zero-order chi connectivity index (χ0) is 24.6. The lowest BCUT2D eigenvalue weighted by atomic mass is 10.1. The lowest BCUT2D eigenvalue weighted by Crippen LogP contribution is -2.57.